The third-order valence-corrected chi connectivity index (χ3v) is 5.84. The average molecular weight is 447 g/mol. The minimum Gasteiger partial charge on any atom is -0.357 e. The van der Waals surface area contributed by atoms with E-state index in [4.69, 9.17) is 16.3 Å². The molecular weight excluding hydrogens is 416 g/mol. The Kier molecular flexibility index (Phi) is 8.56. The van der Waals surface area contributed by atoms with E-state index in [2.05, 4.69) is 37.2 Å². The highest BCUT2D eigenvalue weighted by atomic mass is 16.1. The zero-order valence-electron chi connectivity index (χ0n) is 18.9. The van der Waals surface area contributed by atoms with Crippen molar-refractivity contribution in [2.75, 3.05) is 36.0 Å². The molecule has 0 unspecified atom stereocenters. The minimum atomic E-state index is 0.0324. The van der Waals surface area contributed by atoms with Crippen LogP contribution < -0.4 is 20.9 Å². The molecule has 3 N–H and O–H groups in total. The number of anilines is 2. The van der Waals surface area contributed by atoms with E-state index in [1.807, 2.05) is 12.1 Å². The number of nitrogens with zero attached hydrogens (tertiary/aromatic N) is 6. The lowest BCUT2D eigenvalue weighted by atomic mass is 10.1. The number of aromatic nitrogens is 2. The van der Waals surface area contributed by atoms with Crippen molar-refractivity contribution in [3.63, 3.8) is 0 Å². The van der Waals surface area contributed by atoms with Gasteiger partial charge in [0.2, 0.25) is 5.91 Å². The van der Waals surface area contributed by atoms with Crippen LogP contribution >= 0.6 is 0 Å². The van der Waals surface area contributed by atoms with E-state index in [9.17, 15) is 4.79 Å². The van der Waals surface area contributed by atoms with Crippen LogP contribution in [0.2, 0.25) is 0 Å². The van der Waals surface area contributed by atoms with E-state index < -0.39 is 0 Å². The van der Waals surface area contributed by atoms with Gasteiger partial charge in [-0.25, -0.2) is 9.97 Å². The fourth-order valence-corrected chi connectivity index (χ4v) is 3.95. The standard InChI is InChI=1S/C13H16N4O.C11H14N4/c1-10(18)16-12-4-6-17(7-5-12)13-3-2-11(8-14)9-15-13;12-7-9-1-2-11(14-8-9)15-5-3-10(13)4-6-15/h2-3,9,12H,4-7H2,1H3,(H,16,18);1-2,8,10H,3-6,13H2. The predicted molar refractivity (Wildman–Crippen MR) is 126 cm³/mol. The van der Waals surface area contributed by atoms with Gasteiger partial charge >= 0.3 is 0 Å². The lowest BCUT2D eigenvalue weighted by Crippen LogP contribution is -2.44. The van der Waals surface area contributed by atoms with Crippen LogP contribution in [-0.2, 0) is 4.79 Å². The van der Waals surface area contributed by atoms with Crippen molar-refractivity contribution in [2.45, 2.75) is 44.7 Å². The maximum absolute atomic E-state index is 11.0. The molecule has 4 rings (SSSR count). The number of nitrogens with one attached hydrogen (secondary N) is 1. The number of hydrogen-bond acceptors (Lipinski definition) is 8. The number of rotatable bonds is 3. The van der Waals surface area contributed by atoms with Gasteiger partial charge in [0, 0.05) is 57.6 Å². The SMILES string of the molecule is CC(=O)NC1CCN(c2ccc(C#N)cn2)CC1.N#Cc1ccc(N2CCC(N)CC2)nc1. The first-order chi connectivity index (χ1) is 16.0. The number of hydrogen-bond donors (Lipinski definition) is 2. The van der Waals surface area contributed by atoms with Crippen LogP contribution in [0.15, 0.2) is 36.7 Å². The van der Waals surface area contributed by atoms with Crippen LogP contribution in [0.1, 0.15) is 43.7 Å². The molecule has 2 fully saturated rings. The van der Waals surface area contributed by atoms with E-state index in [1.54, 1.807) is 31.5 Å². The number of piperidine rings is 2. The monoisotopic (exact) mass is 446 g/mol. The summed E-state index contributed by atoms with van der Waals surface area (Å²) >= 11 is 0. The second kappa shape index (κ2) is 11.8. The van der Waals surface area contributed by atoms with Crippen LogP contribution in [-0.4, -0.2) is 54.1 Å². The summed E-state index contributed by atoms with van der Waals surface area (Å²) in [6.45, 7) is 5.22. The second-order valence-electron chi connectivity index (χ2n) is 8.32. The van der Waals surface area contributed by atoms with Gasteiger partial charge in [0.25, 0.3) is 0 Å². The van der Waals surface area contributed by atoms with Crippen LogP contribution in [0.25, 0.3) is 0 Å². The van der Waals surface area contributed by atoms with Crippen molar-refractivity contribution in [1.82, 2.24) is 15.3 Å². The van der Waals surface area contributed by atoms with Crippen molar-refractivity contribution >= 4 is 17.5 Å². The topological polar surface area (TPSA) is 135 Å². The molecule has 0 aromatic carbocycles. The Morgan fingerprint density at radius 2 is 1.36 bits per heavy atom. The Labute approximate surface area is 194 Å². The molecule has 9 nitrogen and oxygen atoms in total. The molecule has 0 aliphatic carbocycles. The number of nitrogens with two attached hydrogens (primary N) is 1. The van der Waals surface area contributed by atoms with Crippen molar-refractivity contribution in [2.24, 2.45) is 5.73 Å². The largest absolute Gasteiger partial charge is 0.357 e. The molecule has 2 aromatic rings. The summed E-state index contributed by atoms with van der Waals surface area (Å²) < 4.78 is 0. The molecule has 2 aliphatic rings. The Hall–Kier alpha value is -3.69. The normalized spacial score (nSPS) is 16.7. The van der Waals surface area contributed by atoms with Gasteiger partial charge in [0.05, 0.1) is 11.1 Å². The highest BCUT2D eigenvalue weighted by Gasteiger charge is 2.20. The van der Waals surface area contributed by atoms with Crippen molar-refractivity contribution < 1.29 is 4.79 Å². The summed E-state index contributed by atoms with van der Waals surface area (Å²) in [6.07, 6.45) is 7.10. The molecule has 4 heterocycles. The molecule has 0 spiro atoms. The van der Waals surface area contributed by atoms with Crippen LogP contribution in [0.3, 0.4) is 0 Å². The van der Waals surface area contributed by atoms with Gasteiger partial charge in [-0.3, -0.25) is 4.79 Å². The molecule has 0 bridgehead atoms. The first kappa shape index (κ1) is 24.0. The highest BCUT2D eigenvalue weighted by Crippen LogP contribution is 2.18. The zero-order valence-corrected chi connectivity index (χ0v) is 18.9. The molecule has 9 heteroatoms. The Morgan fingerprint density at radius 3 is 1.73 bits per heavy atom. The van der Waals surface area contributed by atoms with Crippen molar-refractivity contribution in [1.29, 1.82) is 10.5 Å². The maximum Gasteiger partial charge on any atom is 0.217 e. The Balaban J connectivity index is 0.000000189. The number of amides is 1. The van der Waals surface area contributed by atoms with Crippen LogP contribution in [0.5, 0.6) is 0 Å². The second-order valence-corrected chi connectivity index (χ2v) is 8.32. The van der Waals surface area contributed by atoms with E-state index >= 15 is 0 Å². The van der Waals surface area contributed by atoms with Crippen LogP contribution in [0, 0.1) is 22.7 Å². The van der Waals surface area contributed by atoms with Crippen molar-refractivity contribution in [3.8, 4) is 12.1 Å². The van der Waals surface area contributed by atoms with E-state index in [1.165, 1.54) is 0 Å². The number of nitriles is 2. The van der Waals surface area contributed by atoms with Gasteiger partial charge in [-0.1, -0.05) is 0 Å². The molecule has 2 saturated heterocycles. The highest BCUT2D eigenvalue weighted by molar-refractivity contribution is 5.73. The molecule has 2 aromatic heterocycles. The van der Waals surface area contributed by atoms with E-state index in [0.717, 1.165) is 63.5 Å². The van der Waals surface area contributed by atoms with Gasteiger partial charge in [0.15, 0.2) is 0 Å². The Bertz CT molecular complexity index is 977. The van der Waals surface area contributed by atoms with Gasteiger partial charge in [0.1, 0.15) is 23.8 Å². The lowest BCUT2D eigenvalue weighted by Gasteiger charge is -2.32. The quantitative estimate of drug-likeness (QED) is 0.730. The molecule has 0 saturated carbocycles. The number of pyridine rings is 2. The fraction of sp³-hybridized carbons (Fsp3) is 0.458. The van der Waals surface area contributed by atoms with Gasteiger partial charge in [-0.05, 0) is 49.9 Å². The number of carbonyl (C=O) groups is 1. The maximum atomic E-state index is 11.0. The van der Waals surface area contributed by atoms with E-state index in [0.29, 0.717) is 17.2 Å². The number of carbonyl (C=O) groups excluding carboxylic acids is 1. The zero-order chi connectivity index (χ0) is 23.6. The average Bonchev–Trinajstić information content (AvgIpc) is 2.85. The molecule has 1 amide bonds. The van der Waals surface area contributed by atoms with Gasteiger partial charge < -0.3 is 20.9 Å². The summed E-state index contributed by atoms with van der Waals surface area (Å²) in [6, 6.07) is 12.1. The summed E-state index contributed by atoms with van der Waals surface area (Å²) in [7, 11) is 0. The van der Waals surface area contributed by atoms with Gasteiger partial charge in [-0.15, -0.1) is 0 Å². The summed E-state index contributed by atoms with van der Waals surface area (Å²) in [4.78, 5) is 23.9. The van der Waals surface area contributed by atoms with Gasteiger partial charge in [-0.2, -0.15) is 10.5 Å². The predicted octanol–water partition coefficient (Wildman–Crippen LogP) is 1.94. The van der Waals surface area contributed by atoms with Crippen LogP contribution in [0.4, 0.5) is 11.6 Å². The minimum absolute atomic E-state index is 0.0324. The molecule has 172 valence electrons. The summed E-state index contributed by atoms with van der Waals surface area (Å²) in [5, 5.41) is 20.3. The van der Waals surface area contributed by atoms with Crippen molar-refractivity contribution in [3.05, 3.63) is 47.8 Å². The fourth-order valence-electron chi connectivity index (χ4n) is 3.95. The molecule has 0 atom stereocenters. The molecule has 2 aliphatic heterocycles. The Morgan fingerprint density at radius 1 is 0.909 bits per heavy atom. The molecule has 0 radical (unpaired) electrons. The first-order valence-corrected chi connectivity index (χ1v) is 11.2. The summed E-state index contributed by atoms with van der Waals surface area (Å²) in [5.74, 6) is 1.88. The smallest absolute Gasteiger partial charge is 0.217 e. The molecular formula is C24H30N8O. The third-order valence-electron chi connectivity index (χ3n) is 5.84. The lowest BCUT2D eigenvalue weighted by molar-refractivity contribution is -0.119. The molecule has 33 heavy (non-hydrogen) atoms. The van der Waals surface area contributed by atoms with E-state index in [-0.39, 0.29) is 11.9 Å². The summed E-state index contributed by atoms with van der Waals surface area (Å²) in [5.41, 5.74) is 7.01. The first-order valence-electron chi connectivity index (χ1n) is 11.2. The third kappa shape index (κ3) is 7.16.